The maximum absolute atomic E-state index is 3.81. The van der Waals surface area contributed by atoms with Crippen molar-refractivity contribution in [1.29, 1.82) is 0 Å². The normalized spacial score (nSPS) is 25.0. The highest BCUT2D eigenvalue weighted by atomic mass is 32.2. The smallest absolute Gasteiger partial charge is 0.0263 e. The summed E-state index contributed by atoms with van der Waals surface area (Å²) < 4.78 is 0. The molecule has 2 saturated heterocycles. The molecule has 3 rings (SSSR count). The van der Waals surface area contributed by atoms with Gasteiger partial charge in [0.05, 0.1) is 0 Å². The Labute approximate surface area is 137 Å². The third-order valence-corrected chi connectivity index (χ3v) is 7.20. The average molecular weight is 323 g/mol. The highest BCUT2D eigenvalue weighted by Gasteiger charge is 2.21. The van der Waals surface area contributed by atoms with Gasteiger partial charge >= 0.3 is 0 Å². The van der Waals surface area contributed by atoms with Crippen molar-refractivity contribution in [3.8, 4) is 0 Å². The van der Waals surface area contributed by atoms with Gasteiger partial charge in [0.25, 0.3) is 0 Å². The van der Waals surface area contributed by atoms with Crippen LogP contribution in [0.4, 0.5) is 0 Å². The number of piperidine rings is 1. The van der Waals surface area contributed by atoms with Crippen LogP contribution in [-0.4, -0.2) is 53.1 Å². The van der Waals surface area contributed by atoms with Crippen molar-refractivity contribution >= 4 is 23.5 Å². The van der Waals surface area contributed by atoms with Crippen molar-refractivity contribution in [2.24, 2.45) is 0 Å². The maximum atomic E-state index is 3.81. The molecule has 2 nitrogen and oxygen atoms in total. The number of hydrogen-bond donors (Lipinski definition) is 1. The highest BCUT2D eigenvalue weighted by molar-refractivity contribution is 8.06. The Hall–Kier alpha value is -0.160. The van der Waals surface area contributed by atoms with E-state index in [2.05, 4.69) is 64.1 Å². The van der Waals surface area contributed by atoms with Crippen LogP contribution in [0.15, 0.2) is 30.3 Å². The molecule has 2 heterocycles. The Kier molecular flexibility index (Phi) is 6.34. The van der Waals surface area contributed by atoms with Gasteiger partial charge in [-0.2, -0.15) is 23.5 Å². The Morgan fingerprint density at radius 1 is 1.10 bits per heavy atom. The molecule has 0 aromatic heterocycles. The van der Waals surface area contributed by atoms with Crippen molar-refractivity contribution in [3.05, 3.63) is 35.9 Å². The molecule has 1 N–H and O–H groups in total. The molecule has 0 aliphatic carbocycles. The van der Waals surface area contributed by atoms with Crippen molar-refractivity contribution in [2.45, 2.75) is 30.7 Å². The summed E-state index contributed by atoms with van der Waals surface area (Å²) in [5.74, 6) is 4.02. The van der Waals surface area contributed by atoms with Crippen LogP contribution in [0.5, 0.6) is 0 Å². The minimum absolute atomic E-state index is 0.740. The van der Waals surface area contributed by atoms with Crippen LogP contribution in [0.2, 0.25) is 0 Å². The number of rotatable bonds is 5. The Bertz CT molecular complexity index is 399. The van der Waals surface area contributed by atoms with Crippen molar-refractivity contribution in [3.63, 3.8) is 0 Å². The van der Waals surface area contributed by atoms with Gasteiger partial charge in [0.1, 0.15) is 0 Å². The molecular formula is C17H26N2S2. The van der Waals surface area contributed by atoms with Crippen molar-refractivity contribution < 1.29 is 0 Å². The van der Waals surface area contributed by atoms with Crippen LogP contribution in [0.1, 0.15) is 18.4 Å². The molecule has 0 bridgehead atoms. The SMILES string of the molecule is c1ccc(CN2CCC(NCC3CSCCS3)CC2)cc1. The number of nitrogens with zero attached hydrogens (tertiary/aromatic N) is 1. The number of benzene rings is 1. The summed E-state index contributed by atoms with van der Waals surface area (Å²) in [6.45, 7) is 4.79. The molecule has 2 fully saturated rings. The molecule has 116 valence electrons. The molecule has 0 amide bonds. The van der Waals surface area contributed by atoms with Gasteiger partial charge in [0.15, 0.2) is 0 Å². The predicted octanol–water partition coefficient (Wildman–Crippen LogP) is 3.09. The van der Waals surface area contributed by atoms with Crippen LogP contribution < -0.4 is 5.32 Å². The molecule has 0 saturated carbocycles. The summed E-state index contributed by atoms with van der Waals surface area (Å²) in [5, 5.41) is 4.65. The van der Waals surface area contributed by atoms with Gasteiger partial charge in [-0.1, -0.05) is 30.3 Å². The summed E-state index contributed by atoms with van der Waals surface area (Å²) in [6, 6.07) is 11.6. The predicted molar refractivity (Wildman–Crippen MR) is 96.3 cm³/mol. The zero-order valence-electron chi connectivity index (χ0n) is 12.7. The molecule has 2 aliphatic heterocycles. The van der Waals surface area contributed by atoms with E-state index in [1.165, 1.54) is 55.3 Å². The van der Waals surface area contributed by atoms with Gasteiger partial charge in [0.2, 0.25) is 0 Å². The second-order valence-electron chi connectivity index (χ2n) is 6.01. The van der Waals surface area contributed by atoms with Gasteiger partial charge in [0, 0.05) is 41.6 Å². The Morgan fingerprint density at radius 3 is 2.62 bits per heavy atom. The fourth-order valence-electron chi connectivity index (χ4n) is 3.09. The molecule has 21 heavy (non-hydrogen) atoms. The second kappa shape index (κ2) is 8.47. The van der Waals surface area contributed by atoms with Gasteiger partial charge in [-0.05, 0) is 31.5 Å². The van der Waals surface area contributed by atoms with E-state index < -0.39 is 0 Å². The highest BCUT2D eigenvalue weighted by Crippen LogP contribution is 2.23. The molecule has 2 aliphatic rings. The molecule has 1 aromatic rings. The van der Waals surface area contributed by atoms with E-state index in [9.17, 15) is 0 Å². The first kappa shape index (κ1) is 15.7. The largest absolute Gasteiger partial charge is 0.313 e. The van der Waals surface area contributed by atoms with E-state index in [0.29, 0.717) is 0 Å². The zero-order chi connectivity index (χ0) is 14.3. The standard InChI is InChI=1S/C17H26N2S2/c1-2-4-15(5-3-1)13-19-8-6-16(7-9-19)18-12-17-14-20-10-11-21-17/h1-5,16-18H,6-14H2. The average Bonchev–Trinajstić information content (AvgIpc) is 2.56. The summed E-state index contributed by atoms with van der Waals surface area (Å²) in [4.78, 5) is 2.60. The van der Waals surface area contributed by atoms with E-state index in [0.717, 1.165) is 17.8 Å². The molecule has 1 aromatic carbocycles. The summed E-state index contributed by atoms with van der Waals surface area (Å²) in [7, 11) is 0. The van der Waals surface area contributed by atoms with Crippen molar-refractivity contribution in [1.82, 2.24) is 10.2 Å². The maximum Gasteiger partial charge on any atom is 0.0263 e. The van der Waals surface area contributed by atoms with Crippen molar-refractivity contribution in [2.75, 3.05) is 36.9 Å². The Morgan fingerprint density at radius 2 is 1.90 bits per heavy atom. The van der Waals surface area contributed by atoms with Crippen LogP contribution >= 0.6 is 23.5 Å². The molecule has 1 unspecified atom stereocenters. The molecular weight excluding hydrogens is 296 g/mol. The first-order valence-corrected chi connectivity index (χ1v) is 10.3. The Balaban J connectivity index is 1.35. The number of thioether (sulfide) groups is 2. The quantitative estimate of drug-likeness (QED) is 0.895. The lowest BCUT2D eigenvalue weighted by Gasteiger charge is -2.33. The minimum Gasteiger partial charge on any atom is -0.313 e. The van der Waals surface area contributed by atoms with Crippen LogP contribution in [0, 0.1) is 0 Å². The third-order valence-electron chi connectivity index (χ3n) is 4.36. The minimum atomic E-state index is 0.740. The van der Waals surface area contributed by atoms with E-state index in [1.807, 2.05) is 0 Å². The van der Waals surface area contributed by atoms with Gasteiger partial charge < -0.3 is 5.32 Å². The number of nitrogens with one attached hydrogen (secondary N) is 1. The summed E-state index contributed by atoms with van der Waals surface area (Å²) in [6.07, 6.45) is 2.61. The lowest BCUT2D eigenvalue weighted by molar-refractivity contribution is 0.191. The molecule has 1 atom stereocenters. The zero-order valence-corrected chi connectivity index (χ0v) is 14.3. The first-order chi connectivity index (χ1) is 10.4. The monoisotopic (exact) mass is 322 g/mol. The summed E-state index contributed by atoms with van der Waals surface area (Å²) in [5.41, 5.74) is 1.44. The van der Waals surface area contributed by atoms with E-state index in [4.69, 9.17) is 0 Å². The second-order valence-corrected chi connectivity index (χ2v) is 8.57. The van der Waals surface area contributed by atoms with Gasteiger partial charge in [-0.15, -0.1) is 0 Å². The number of likely N-dealkylation sites (tertiary alicyclic amines) is 1. The van der Waals surface area contributed by atoms with E-state index >= 15 is 0 Å². The summed E-state index contributed by atoms with van der Waals surface area (Å²) >= 11 is 4.28. The third kappa shape index (κ3) is 5.20. The number of hydrogen-bond acceptors (Lipinski definition) is 4. The van der Waals surface area contributed by atoms with Crippen LogP contribution in [0.3, 0.4) is 0 Å². The molecule has 0 radical (unpaired) electrons. The van der Waals surface area contributed by atoms with Gasteiger partial charge in [-0.25, -0.2) is 0 Å². The van der Waals surface area contributed by atoms with E-state index in [-0.39, 0.29) is 0 Å². The lowest BCUT2D eigenvalue weighted by Crippen LogP contribution is -2.44. The fourth-order valence-corrected chi connectivity index (χ4v) is 5.71. The fraction of sp³-hybridized carbons (Fsp3) is 0.647. The van der Waals surface area contributed by atoms with E-state index in [1.54, 1.807) is 0 Å². The first-order valence-electron chi connectivity index (χ1n) is 8.09. The topological polar surface area (TPSA) is 15.3 Å². The molecule has 4 heteroatoms. The lowest BCUT2D eigenvalue weighted by atomic mass is 10.0. The van der Waals surface area contributed by atoms with Crippen LogP contribution in [-0.2, 0) is 6.54 Å². The van der Waals surface area contributed by atoms with Crippen LogP contribution in [0.25, 0.3) is 0 Å². The molecule has 0 spiro atoms. The van der Waals surface area contributed by atoms with Gasteiger partial charge in [-0.3, -0.25) is 4.90 Å².